The predicted octanol–water partition coefficient (Wildman–Crippen LogP) is 5.98. The molecule has 0 radical (unpaired) electrons. The summed E-state index contributed by atoms with van der Waals surface area (Å²) < 4.78 is 28.1. The van der Waals surface area contributed by atoms with E-state index in [1.165, 1.54) is 0 Å². The lowest BCUT2D eigenvalue weighted by molar-refractivity contribution is 0.0968. The van der Waals surface area contributed by atoms with Gasteiger partial charge < -0.3 is 15.7 Å². The van der Waals surface area contributed by atoms with Crippen molar-refractivity contribution in [1.29, 1.82) is 0 Å². The van der Waals surface area contributed by atoms with Gasteiger partial charge in [-0.15, -0.1) is 0 Å². The number of fused-ring (bicyclic) bond motifs is 1. The first-order valence-corrected chi connectivity index (χ1v) is 11.6. The number of ketones is 1. The fourth-order valence-corrected chi connectivity index (χ4v) is 4.21. The summed E-state index contributed by atoms with van der Waals surface area (Å²) in [5, 5.41) is 16.7. The van der Waals surface area contributed by atoms with Crippen molar-refractivity contribution in [3.8, 4) is 16.9 Å². The molecule has 3 aromatic carbocycles. The molecule has 0 aliphatic heterocycles. The molecular weight excluding hydrogens is 448 g/mol. The number of hydrogen-bond donors (Lipinski definition) is 3. The van der Waals surface area contributed by atoms with Crippen LogP contribution in [-0.4, -0.2) is 29.5 Å². The smallest absolute Gasteiger partial charge is 0.187 e. The lowest BCUT2D eigenvalue weighted by Gasteiger charge is -2.16. The summed E-state index contributed by atoms with van der Waals surface area (Å²) in [7, 11) is 1.91. The van der Waals surface area contributed by atoms with Gasteiger partial charge in [0.2, 0.25) is 0 Å². The van der Waals surface area contributed by atoms with E-state index in [0.717, 1.165) is 49.2 Å². The molecule has 35 heavy (non-hydrogen) atoms. The molecule has 0 saturated heterocycles. The molecule has 7 heteroatoms. The van der Waals surface area contributed by atoms with Crippen LogP contribution in [-0.2, 0) is 6.42 Å². The quantitative estimate of drug-likeness (QED) is 0.274. The summed E-state index contributed by atoms with van der Waals surface area (Å²) in [6.45, 7) is 0.843. The number of anilines is 2. The molecule has 1 fully saturated rings. The lowest BCUT2D eigenvalue weighted by Crippen LogP contribution is -2.10. The van der Waals surface area contributed by atoms with Gasteiger partial charge in [-0.1, -0.05) is 18.2 Å². The number of likely N-dealkylation sites (N-methyl/N-ethyl adjacent to an activating group) is 1. The molecule has 1 aliphatic carbocycles. The number of carbonyl (C=O) groups excluding carboxylic acids is 1. The van der Waals surface area contributed by atoms with Crippen molar-refractivity contribution in [2.45, 2.75) is 19.3 Å². The highest BCUT2D eigenvalue weighted by Crippen LogP contribution is 2.39. The molecule has 1 heterocycles. The topological polar surface area (TPSA) is 74.2 Å². The van der Waals surface area contributed by atoms with Gasteiger partial charge in [0.1, 0.15) is 0 Å². The zero-order valence-corrected chi connectivity index (χ0v) is 19.2. The lowest BCUT2D eigenvalue weighted by atomic mass is 9.98. The van der Waals surface area contributed by atoms with E-state index < -0.39 is 17.4 Å². The largest absolute Gasteiger partial charge is 0.503 e. The average Bonchev–Trinajstić information content (AvgIpc) is 3.71. The molecule has 0 amide bonds. The number of hydrogen-bond acceptors (Lipinski definition) is 5. The maximum absolute atomic E-state index is 14.0. The van der Waals surface area contributed by atoms with E-state index in [4.69, 9.17) is 0 Å². The van der Waals surface area contributed by atoms with E-state index in [1.807, 2.05) is 25.2 Å². The van der Waals surface area contributed by atoms with Crippen LogP contribution in [0.2, 0.25) is 0 Å². The first kappa shape index (κ1) is 22.9. The minimum absolute atomic E-state index is 0.000218. The van der Waals surface area contributed by atoms with Crippen LogP contribution in [0.25, 0.3) is 22.0 Å². The van der Waals surface area contributed by atoms with Crippen LogP contribution < -0.4 is 10.6 Å². The van der Waals surface area contributed by atoms with Crippen molar-refractivity contribution in [2.24, 2.45) is 5.92 Å². The molecule has 4 aromatic rings. The molecule has 1 aliphatic rings. The number of benzene rings is 3. The van der Waals surface area contributed by atoms with Gasteiger partial charge in [0.15, 0.2) is 23.2 Å². The molecule has 0 atom stereocenters. The van der Waals surface area contributed by atoms with Crippen molar-refractivity contribution in [2.75, 3.05) is 18.9 Å². The summed E-state index contributed by atoms with van der Waals surface area (Å²) in [4.78, 5) is 17.6. The van der Waals surface area contributed by atoms with Crippen LogP contribution >= 0.6 is 0 Å². The Morgan fingerprint density at radius 3 is 2.54 bits per heavy atom. The Balaban J connectivity index is 1.64. The van der Waals surface area contributed by atoms with Crippen LogP contribution in [0.5, 0.6) is 5.75 Å². The monoisotopic (exact) mass is 473 g/mol. The molecule has 0 spiro atoms. The van der Waals surface area contributed by atoms with E-state index >= 15 is 0 Å². The summed E-state index contributed by atoms with van der Waals surface area (Å²) in [6, 6.07) is 15.4. The summed E-state index contributed by atoms with van der Waals surface area (Å²) in [6.07, 6.45) is 4.19. The fraction of sp³-hybridized carbons (Fsp3) is 0.214. The van der Waals surface area contributed by atoms with E-state index in [1.54, 1.807) is 24.4 Å². The minimum atomic E-state index is -1.03. The van der Waals surface area contributed by atoms with E-state index in [0.29, 0.717) is 27.7 Å². The molecule has 0 bridgehead atoms. The second-order valence-corrected chi connectivity index (χ2v) is 8.88. The highest BCUT2D eigenvalue weighted by atomic mass is 19.1. The average molecular weight is 474 g/mol. The molecule has 3 N–H and O–H groups in total. The van der Waals surface area contributed by atoms with Gasteiger partial charge >= 0.3 is 0 Å². The number of rotatable bonds is 8. The summed E-state index contributed by atoms with van der Waals surface area (Å²) >= 11 is 0. The van der Waals surface area contributed by atoms with Gasteiger partial charge in [-0.2, -0.15) is 0 Å². The number of aromatic nitrogens is 1. The van der Waals surface area contributed by atoms with Gasteiger partial charge in [0.25, 0.3) is 0 Å². The van der Waals surface area contributed by atoms with Gasteiger partial charge in [-0.05, 0) is 85.9 Å². The van der Waals surface area contributed by atoms with Gasteiger partial charge in [0.05, 0.1) is 16.8 Å². The van der Waals surface area contributed by atoms with Crippen LogP contribution in [0.15, 0.2) is 60.8 Å². The fourth-order valence-electron chi connectivity index (χ4n) is 4.21. The number of phenolic OH excluding ortho intramolecular Hbond substituents is 1. The van der Waals surface area contributed by atoms with Crippen LogP contribution in [0.4, 0.5) is 20.2 Å². The molecule has 5 rings (SSSR count). The zero-order chi connectivity index (χ0) is 24.5. The van der Waals surface area contributed by atoms with Crippen molar-refractivity contribution in [3.63, 3.8) is 0 Å². The summed E-state index contributed by atoms with van der Waals surface area (Å²) in [5.74, 6) is -3.03. The Morgan fingerprint density at radius 1 is 1.06 bits per heavy atom. The third kappa shape index (κ3) is 4.72. The van der Waals surface area contributed by atoms with Gasteiger partial charge in [-0.3, -0.25) is 9.78 Å². The zero-order valence-electron chi connectivity index (χ0n) is 19.2. The number of carbonyl (C=O) groups is 1. The van der Waals surface area contributed by atoms with Gasteiger partial charge in [0, 0.05) is 23.2 Å². The Labute approximate surface area is 201 Å². The standard InChI is InChI=1S/C28H25F2N3O2/c1-31-10-9-16-3-2-4-20(11-16)33-26-21-12-18(19-13-23(29)28(35)24(30)14-19)7-8-25(21)32-15-22(26)27(34)17-5-6-17/h2-4,7-8,11-15,17,31,35H,5-6,9-10H2,1H3,(H,32,33). The number of aromatic hydroxyl groups is 1. The van der Waals surface area contributed by atoms with E-state index in [9.17, 15) is 18.7 Å². The third-order valence-electron chi connectivity index (χ3n) is 6.29. The van der Waals surface area contributed by atoms with E-state index in [2.05, 4.69) is 21.7 Å². The Hall–Kier alpha value is -3.84. The SMILES string of the molecule is CNCCc1cccc(Nc2c(C(=O)C3CC3)cnc3ccc(-c4cc(F)c(O)c(F)c4)cc23)c1. The van der Waals surface area contributed by atoms with Crippen molar-refractivity contribution >= 4 is 28.1 Å². The first-order chi connectivity index (χ1) is 16.9. The highest BCUT2D eigenvalue weighted by molar-refractivity contribution is 6.11. The Kier molecular flexibility index (Phi) is 6.17. The summed E-state index contributed by atoms with van der Waals surface area (Å²) in [5.41, 5.74) is 4.57. The van der Waals surface area contributed by atoms with E-state index in [-0.39, 0.29) is 17.3 Å². The predicted molar refractivity (Wildman–Crippen MR) is 133 cm³/mol. The maximum atomic E-state index is 14.0. The molecule has 1 saturated carbocycles. The molecule has 0 unspecified atom stereocenters. The minimum Gasteiger partial charge on any atom is -0.503 e. The number of nitrogens with zero attached hydrogens (tertiary/aromatic N) is 1. The second kappa shape index (κ2) is 9.43. The molecule has 178 valence electrons. The number of nitrogens with one attached hydrogen (secondary N) is 2. The number of Topliss-reactive ketones (excluding diaryl/α,β-unsaturated/α-hetero) is 1. The van der Waals surface area contributed by atoms with Gasteiger partial charge in [-0.25, -0.2) is 8.78 Å². The normalized spacial score (nSPS) is 13.2. The number of phenols is 1. The van der Waals surface area contributed by atoms with Crippen molar-refractivity contribution < 1.29 is 18.7 Å². The number of halogens is 2. The second-order valence-electron chi connectivity index (χ2n) is 8.88. The number of pyridine rings is 1. The third-order valence-corrected chi connectivity index (χ3v) is 6.29. The highest BCUT2D eigenvalue weighted by Gasteiger charge is 2.32. The van der Waals surface area contributed by atoms with Crippen molar-refractivity contribution in [1.82, 2.24) is 10.3 Å². The van der Waals surface area contributed by atoms with Crippen LogP contribution in [0.1, 0.15) is 28.8 Å². The van der Waals surface area contributed by atoms with Crippen LogP contribution in [0, 0.1) is 17.6 Å². The molecular formula is C28H25F2N3O2. The van der Waals surface area contributed by atoms with Crippen molar-refractivity contribution in [3.05, 3.63) is 83.6 Å². The molecule has 5 nitrogen and oxygen atoms in total. The maximum Gasteiger partial charge on any atom is 0.187 e. The Morgan fingerprint density at radius 2 is 1.83 bits per heavy atom. The Bertz CT molecular complexity index is 1410. The van der Waals surface area contributed by atoms with Crippen LogP contribution in [0.3, 0.4) is 0 Å². The first-order valence-electron chi connectivity index (χ1n) is 11.6. The molecule has 1 aromatic heterocycles.